The second kappa shape index (κ2) is 6.60. The predicted molar refractivity (Wildman–Crippen MR) is 82.7 cm³/mol. The fraction of sp³-hybridized carbons (Fsp3) is 0.467. The summed E-state index contributed by atoms with van der Waals surface area (Å²) in [6.45, 7) is 0. The molecule has 0 unspecified atom stereocenters. The molecule has 1 N–H and O–H groups in total. The Kier molecular flexibility index (Phi) is 5.06. The van der Waals surface area contributed by atoms with E-state index in [1.165, 1.54) is 0 Å². The maximum absolute atomic E-state index is 12.3. The monoisotopic (exact) mass is 354 g/mol. The van der Waals surface area contributed by atoms with Gasteiger partial charge in [0.05, 0.1) is 11.1 Å². The van der Waals surface area contributed by atoms with Gasteiger partial charge in [-0.15, -0.1) is 0 Å². The van der Waals surface area contributed by atoms with Crippen LogP contribution in [0.3, 0.4) is 0 Å². The molecule has 1 aliphatic carbocycles. The third kappa shape index (κ3) is 3.53. The number of nitriles is 1. The highest BCUT2D eigenvalue weighted by atomic mass is 79.9. The van der Waals surface area contributed by atoms with Gasteiger partial charge in [-0.25, -0.2) is 0 Å². The van der Waals surface area contributed by atoms with Crippen molar-refractivity contribution in [2.24, 2.45) is 0 Å². The molecule has 0 atom stereocenters. The first-order valence-electron chi connectivity index (χ1n) is 6.75. The minimum Gasteiger partial charge on any atom is -0.334 e. The lowest BCUT2D eigenvalue weighted by Crippen LogP contribution is -2.47. The fourth-order valence-corrected chi connectivity index (χ4v) is 3.02. The van der Waals surface area contributed by atoms with Gasteiger partial charge in [-0.3, -0.25) is 4.79 Å². The maximum atomic E-state index is 12.3. The van der Waals surface area contributed by atoms with E-state index >= 15 is 0 Å². The molecule has 20 heavy (non-hydrogen) atoms. The number of benzene rings is 1. The van der Waals surface area contributed by atoms with Crippen LogP contribution in [-0.4, -0.2) is 11.4 Å². The summed E-state index contributed by atoms with van der Waals surface area (Å²) in [5, 5.41) is 12.9. The molecular formula is C15H16BrClN2O. The highest BCUT2D eigenvalue weighted by molar-refractivity contribution is 9.10. The SMILES string of the molecule is N#CC1(NC(=O)c2ccc(Cl)c(Br)c2)CCCCCC1. The van der Waals surface area contributed by atoms with E-state index in [1.54, 1.807) is 18.2 Å². The van der Waals surface area contributed by atoms with Gasteiger partial charge in [-0.2, -0.15) is 5.26 Å². The molecule has 0 heterocycles. The van der Waals surface area contributed by atoms with Gasteiger partial charge >= 0.3 is 0 Å². The van der Waals surface area contributed by atoms with Crippen molar-refractivity contribution in [2.75, 3.05) is 0 Å². The van der Waals surface area contributed by atoms with Crippen LogP contribution in [0, 0.1) is 11.3 Å². The van der Waals surface area contributed by atoms with E-state index in [0.717, 1.165) is 38.5 Å². The lowest BCUT2D eigenvalue weighted by Gasteiger charge is -2.26. The van der Waals surface area contributed by atoms with Crippen LogP contribution >= 0.6 is 27.5 Å². The van der Waals surface area contributed by atoms with E-state index < -0.39 is 5.54 Å². The van der Waals surface area contributed by atoms with Crippen molar-refractivity contribution >= 4 is 33.4 Å². The van der Waals surface area contributed by atoms with Gasteiger partial charge in [-0.05, 0) is 47.0 Å². The Morgan fingerprint density at radius 1 is 1.30 bits per heavy atom. The molecule has 1 aliphatic rings. The number of halogens is 2. The van der Waals surface area contributed by atoms with Crippen LogP contribution in [0.5, 0.6) is 0 Å². The summed E-state index contributed by atoms with van der Waals surface area (Å²) in [7, 11) is 0. The van der Waals surface area contributed by atoms with Gasteiger partial charge < -0.3 is 5.32 Å². The summed E-state index contributed by atoms with van der Waals surface area (Å²) in [5.74, 6) is -0.217. The predicted octanol–water partition coefficient (Wildman–Crippen LogP) is 4.45. The van der Waals surface area contributed by atoms with E-state index in [2.05, 4.69) is 27.3 Å². The van der Waals surface area contributed by atoms with Gasteiger partial charge in [0, 0.05) is 10.0 Å². The smallest absolute Gasteiger partial charge is 0.252 e. The third-order valence-electron chi connectivity index (χ3n) is 3.71. The zero-order chi connectivity index (χ0) is 14.6. The van der Waals surface area contributed by atoms with Crippen molar-refractivity contribution in [3.05, 3.63) is 33.3 Å². The molecule has 1 aromatic rings. The molecule has 106 valence electrons. The summed E-state index contributed by atoms with van der Waals surface area (Å²) >= 11 is 9.23. The number of carbonyl (C=O) groups is 1. The Bertz CT molecular complexity index is 545. The molecule has 0 spiro atoms. The summed E-state index contributed by atoms with van der Waals surface area (Å²) in [5.41, 5.74) is -0.208. The van der Waals surface area contributed by atoms with Crippen LogP contribution in [0.2, 0.25) is 5.02 Å². The van der Waals surface area contributed by atoms with E-state index in [1.807, 2.05) is 0 Å². The first-order chi connectivity index (χ1) is 9.56. The largest absolute Gasteiger partial charge is 0.334 e. The van der Waals surface area contributed by atoms with Crippen molar-refractivity contribution in [2.45, 2.75) is 44.1 Å². The molecule has 0 saturated heterocycles. The average Bonchev–Trinajstić information content (AvgIpc) is 2.68. The number of rotatable bonds is 2. The number of amides is 1. The van der Waals surface area contributed by atoms with Gasteiger partial charge in [0.2, 0.25) is 0 Å². The highest BCUT2D eigenvalue weighted by Gasteiger charge is 2.32. The average molecular weight is 356 g/mol. The topological polar surface area (TPSA) is 52.9 Å². The first kappa shape index (κ1) is 15.3. The van der Waals surface area contributed by atoms with Crippen LogP contribution in [0.25, 0.3) is 0 Å². The molecule has 0 bridgehead atoms. The summed E-state index contributed by atoms with van der Waals surface area (Å²) in [6, 6.07) is 7.34. The van der Waals surface area contributed by atoms with Crippen molar-refractivity contribution in [1.29, 1.82) is 5.26 Å². The second-order valence-electron chi connectivity index (χ2n) is 5.19. The number of nitrogens with one attached hydrogen (secondary N) is 1. The van der Waals surface area contributed by atoms with E-state index in [4.69, 9.17) is 11.6 Å². The second-order valence-corrected chi connectivity index (χ2v) is 6.45. The molecule has 1 aromatic carbocycles. The van der Waals surface area contributed by atoms with Crippen molar-refractivity contribution in [1.82, 2.24) is 5.32 Å². The Morgan fingerprint density at radius 2 is 1.95 bits per heavy atom. The standard InChI is InChI=1S/C15H16BrClN2O/c16-12-9-11(5-6-13(12)17)14(20)19-15(10-18)7-3-1-2-4-8-15/h5-6,9H,1-4,7-8H2,(H,19,20). The quantitative estimate of drug-likeness (QED) is 0.797. The van der Waals surface area contributed by atoms with Crippen molar-refractivity contribution in [3.63, 3.8) is 0 Å². The number of hydrogen-bond acceptors (Lipinski definition) is 2. The molecule has 1 amide bonds. The van der Waals surface area contributed by atoms with E-state index in [0.29, 0.717) is 15.1 Å². The van der Waals surface area contributed by atoms with Crippen LogP contribution in [0.15, 0.2) is 22.7 Å². The van der Waals surface area contributed by atoms with E-state index in [-0.39, 0.29) is 5.91 Å². The fourth-order valence-electron chi connectivity index (χ4n) is 2.52. The Balaban J connectivity index is 2.16. The molecule has 0 aliphatic heterocycles. The molecule has 2 rings (SSSR count). The molecule has 0 aromatic heterocycles. The Hall–Kier alpha value is -1.05. The highest BCUT2D eigenvalue weighted by Crippen LogP contribution is 2.28. The van der Waals surface area contributed by atoms with E-state index in [9.17, 15) is 10.1 Å². The normalized spacial score (nSPS) is 17.9. The third-order valence-corrected chi connectivity index (χ3v) is 4.92. The lowest BCUT2D eigenvalue weighted by atomic mass is 9.91. The van der Waals surface area contributed by atoms with Crippen LogP contribution in [0.4, 0.5) is 0 Å². The first-order valence-corrected chi connectivity index (χ1v) is 7.92. The van der Waals surface area contributed by atoms with Gasteiger partial charge in [-0.1, -0.05) is 37.3 Å². The van der Waals surface area contributed by atoms with Crippen molar-refractivity contribution < 1.29 is 4.79 Å². The molecular weight excluding hydrogens is 340 g/mol. The van der Waals surface area contributed by atoms with Gasteiger partial charge in [0.1, 0.15) is 5.54 Å². The summed E-state index contributed by atoms with van der Waals surface area (Å²) in [4.78, 5) is 12.3. The van der Waals surface area contributed by atoms with Crippen LogP contribution in [0.1, 0.15) is 48.9 Å². The van der Waals surface area contributed by atoms with Crippen LogP contribution in [-0.2, 0) is 0 Å². The summed E-state index contributed by atoms with van der Waals surface area (Å²) < 4.78 is 0.679. The summed E-state index contributed by atoms with van der Waals surface area (Å²) in [6.07, 6.45) is 5.68. The zero-order valence-corrected chi connectivity index (χ0v) is 13.4. The minimum atomic E-state index is -0.723. The molecule has 3 nitrogen and oxygen atoms in total. The number of hydrogen-bond donors (Lipinski definition) is 1. The number of carbonyl (C=O) groups excluding carboxylic acids is 1. The number of nitrogens with zero attached hydrogens (tertiary/aromatic N) is 1. The van der Waals surface area contributed by atoms with Crippen LogP contribution < -0.4 is 5.32 Å². The molecule has 1 saturated carbocycles. The maximum Gasteiger partial charge on any atom is 0.252 e. The zero-order valence-electron chi connectivity index (χ0n) is 11.1. The Labute approximate surface area is 132 Å². The van der Waals surface area contributed by atoms with Gasteiger partial charge in [0.15, 0.2) is 0 Å². The minimum absolute atomic E-state index is 0.217. The molecule has 0 radical (unpaired) electrons. The Morgan fingerprint density at radius 3 is 2.50 bits per heavy atom. The van der Waals surface area contributed by atoms with Gasteiger partial charge in [0.25, 0.3) is 5.91 Å². The van der Waals surface area contributed by atoms with Crippen molar-refractivity contribution in [3.8, 4) is 6.07 Å². The molecule has 5 heteroatoms. The molecule has 1 fully saturated rings. The lowest BCUT2D eigenvalue weighted by molar-refractivity contribution is 0.0913.